The summed E-state index contributed by atoms with van der Waals surface area (Å²) < 4.78 is 7.65. The van der Waals surface area contributed by atoms with Crippen molar-refractivity contribution >= 4 is 11.2 Å². The zero-order valence-electron chi connectivity index (χ0n) is 11.5. The number of nitrogens with zero attached hydrogens (tertiary/aromatic N) is 4. The molecule has 0 unspecified atom stereocenters. The molecule has 5 heteroatoms. The first-order valence-corrected chi connectivity index (χ1v) is 6.96. The quantitative estimate of drug-likeness (QED) is 0.829. The predicted molar refractivity (Wildman–Crippen MR) is 72.7 cm³/mol. The summed E-state index contributed by atoms with van der Waals surface area (Å²) in [6, 6.07) is 0. The van der Waals surface area contributed by atoms with Crippen molar-refractivity contribution in [3.05, 3.63) is 18.3 Å². The first-order chi connectivity index (χ1) is 9.29. The average Bonchev–Trinajstić information content (AvgIpc) is 2.78. The molecule has 102 valence electrons. The van der Waals surface area contributed by atoms with E-state index in [9.17, 15) is 0 Å². The molecule has 5 nitrogen and oxygen atoms in total. The van der Waals surface area contributed by atoms with Crippen molar-refractivity contribution in [3.8, 4) is 0 Å². The van der Waals surface area contributed by atoms with E-state index in [0.29, 0.717) is 0 Å². The standard InChI is InChI=1S/C14H20N4O/c1-10-13-14(16-8-15-10)18(9-17-13)12(19-2)7-6-11-4-3-5-11/h8-9,11-12H,3-7H2,1-2H3/t12-/m1/s1. The number of ether oxygens (including phenoxy) is 1. The molecule has 1 aliphatic rings. The molecule has 0 aromatic carbocycles. The normalized spacial score (nSPS) is 17.6. The number of hydrogen-bond donors (Lipinski definition) is 0. The molecule has 1 fully saturated rings. The van der Waals surface area contributed by atoms with Crippen LogP contribution >= 0.6 is 0 Å². The summed E-state index contributed by atoms with van der Waals surface area (Å²) in [7, 11) is 1.76. The molecule has 0 spiro atoms. The van der Waals surface area contributed by atoms with Crippen molar-refractivity contribution in [2.75, 3.05) is 7.11 Å². The number of hydrogen-bond acceptors (Lipinski definition) is 4. The monoisotopic (exact) mass is 260 g/mol. The number of rotatable bonds is 5. The third-order valence-electron chi connectivity index (χ3n) is 4.17. The molecule has 0 N–H and O–H groups in total. The zero-order valence-corrected chi connectivity index (χ0v) is 11.5. The van der Waals surface area contributed by atoms with Gasteiger partial charge in [0, 0.05) is 7.11 Å². The summed E-state index contributed by atoms with van der Waals surface area (Å²) >= 11 is 0. The molecule has 2 heterocycles. The maximum atomic E-state index is 5.62. The third kappa shape index (κ3) is 2.34. The fourth-order valence-corrected chi connectivity index (χ4v) is 2.71. The molecule has 2 aromatic heterocycles. The minimum Gasteiger partial charge on any atom is -0.361 e. The average molecular weight is 260 g/mol. The zero-order chi connectivity index (χ0) is 13.2. The van der Waals surface area contributed by atoms with Gasteiger partial charge in [-0.15, -0.1) is 0 Å². The van der Waals surface area contributed by atoms with E-state index in [-0.39, 0.29) is 6.23 Å². The van der Waals surface area contributed by atoms with Crippen molar-refractivity contribution in [1.29, 1.82) is 0 Å². The Morgan fingerprint density at radius 3 is 2.89 bits per heavy atom. The summed E-state index contributed by atoms with van der Waals surface area (Å²) in [6.45, 7) is 1.96. The van der Waals surface area contributed by atoms with Gasteiger partial charge in [-0.3, -0.25) is 4.57 Å². The van der Waals surface area contributed by atoms with Gasteiger partial charge in [-0.25, -0.2) is 15.0 Å². The largest absolute Gasteiger partial charge is 0.361 e. The third-order valence-corrected chi connectivity index (χ3v) is 4.17. The number of fused-ring (bicyclic) bond motifs is 1. The summed E-state index contributed by atoms with van der Waals surface area (Å²) in [5.41, 5.74) is 2.65. The van der Waals surface area contributed by atoms with Gasteiger partial charge in [0.2, 0.25) is 0 Å². The first kappa shape index (κ1) is 12.5. The highest BCUT2D eigenvalue weighted by Crippen LogP contribution is 2.33. The van der Waals surface area contributed by atoms with Crippen LogP contribution in [-0.2, 0) is 4.74 Å². The van der Waals surface area contributed by atoms with Crippen molar-refractivity contribution in [2.24, 2.45) is 5.92 Å². The van der Waals surface area contributed by atoms with Crippen LogP contribution in [0, 0.1) is 12.8 Å². The molecule has 1 atom stereocenters. The lowest BCUT2D eigenvalue weighted by Gasteiger charge is -2.27. The van der Waals surface area contributed by atoms with E-state index >= 15 is 0 Å². The second kappa shape index (κ2) is 5.25. The van der Waals surface area contributed by atoms with Gasteiger partial charge < -0.3 is 4.74 Å². The van der Waals surface area contributed by atoms with E-state index < -0.39 is 0 Å². The Hall–Kier alpha value is -1.49. The topological polar surface area (TPSA) is 52.8 Å². The number of imidazole rings is 1. The highest BCUT2D eigenvalue weighted by molar-refractivity contribution is 5.72. The molecule has 0 amide bonds. The van der Waals surface area contributed by atoms with Crippen LogP contribution in [0.2, 0.25) is 0 Å². The lowest BCUT2D eigenvalue weighted by atomic mass is 9.82. The van der Waals surface area contributed by atoms with Gasteiger partial charge in [0.1, 0.15) is 18.1 Å². The Labute approximate surface area is 113 Å². The molecule has 19 heavy (non-hydrogen) atoms. The van der Waals surface area contributed by atoms with E-state index in [1.165, 1.54) is 25.7 Å². The first-order valence-electron chi connectivity index (χ1n) is 6.96. The molecule has 1 saturated carbocycles. The highest BCUT2D eigenvalue weighted by Gasteiger charge is 2.21. The van der Waals surface area contributed by atoms with Crippen LogP contribution in [0.4, 0.5) is 0 Å². The van der Waals surface area contributed by atoms with Crippen molar-refractivity contribution < 1.29 is 4.74 Å². The molecule has 1 aliphatic carbocycles. The Balaban J connectivity index is 1.81. The highest BCUT2D eigenvalue weighted by atomic mass is 16.5. The SMILES string of the molecule is CO[C@H](CCC1CCC1)n1cnc2c(C)ncnc21. The Morgan fingerprint density at radius 1 is 1.37 bits per heavy atom. The van der Waals surface area contributed by atoms with Gasteiger partial charge in [0.15, 0.2) is 5.65 Å². The summed E-state index contributed by atoms with van der Waals surface area (Å²) in [4.78, 5) is 12.9. The summed E-state index contributed by atoms with van der Waals surface area (Å²) in [5.74, 6) is 0.892. The molecule has 0 aliphatic heterocycles. The van der Waals surface area contributed by atoms with Crippen molar-refractivity contribution in [1.82, 2.24) is 19.5 Å². The second-order valence-electron chi connectivity index (χ2n) is 5.35. The maximum absolute atomic E-state index is 5.62. The molecular weight excluding hydrogens is 240 g/mol. The van der Waals surface area contributed by atoms with Crippen LogP contribution < -0.4 is 0 Å². The van der Waals surface area contributed by atoms with Gasteiger partial charge in [-0.05, 0) is 25.7 Å². The van der Waals surface area contributed by atoms with Gasteiger partial charge in [-0.2, -0.15) is 0 Å². The summed E-state index contributed by atoms with van der Waals surface area (Å²) in [6.07, 6.45) is 9.83. The van der Waals surface area contributed by atoms with E-state index in [2.05, 4.69) is 15.0 Å². The van der Waals surface area contributed by atoms with E-state index in [4.69, 9.17) is 4.74 Å². The minimum atomic E-state index is 0.0277. The van der Waals surface area contributed by atoms with E-state index in [1.54, 1.807) is 13.4 Å². The van der Waals surface area contributed by atoms with Gasteiger partial charge >= 0.3 is 0 Å². The number of aromatic nitrogens is 4. The van der Waals surface area contributed by atoms with E-state index in [0.717, 1.165) is 29.2 Å². The van der Waals surface area contributed by atoms with Gasteiger partial charge in [0.25, 0.3) is 0 Å². The van der Waals surface area contributed by atoms with Crippen LogP contribution in [0.5, 0.6) is 0 Å². The molecule has 3 rings (SSSR count). The predicted octanol–water partition coefficient (Wildman–Crippen LogP) is 2.86. The van der Waals surface area contributed by atoms with Crippen LogP contribution in [-0.4, -0.2) is 26.6 Å². The van der Waals surface area contributed by atoms with Gasteiger partial charge in [0.05, 0.1) is 12.0 Å². The number of aryl methyl sites for hydroxylation is 1. The fourth-order valence-electron chi connectivity index (χ4n) is 2.71. The van der Waals surface area contributed by atoms with E-state index in [1.807, 2.05) is 17.8 Å². The Bertz CT molecular complexity index is 562. The smallest absolute Gasteiger partial charge is 0.165 e. The molecule has 2 aromatic rings. The Morgan fingerprint density at radius 2 is 2.21 bits per heavy atom. The van der Waals surface area contributed by atoms with Gasteiger partial charge in [-0.1, -0.05) is 19.3 Å². The lowest BCUT2D eigenvalue weighted by Crippen LogP contribution is -2.16. The maximum Gasteiger partial charge on any atom is 0.165 e. The van der Waals surface area contributed by atoms with Crippen LogP contribution in [0.3, 0.4) is 0 Å². The fraction of sp³-hybridized carbons (Fsp3) is 0.643. The van der Waals surface area contributed by atoms with Crippen LogP contribution in [0.1, 0.15) is 44.0 Å². The minimum absolute atomic E-state index is 0.0277. The van der Waals surface area contributed by atoms with Crippen LogP contribution in [0.15, 0.2) is 12.7 Å². The number of methoxy groups -OCH3 is 1. The lowest BCUT2D eigenvalue weighted by molar-refractivity contribution is 0.0309. The molecule has 0 radical (unpaired) electrons. The van der Waals surface area contributed by atoms with Crippen LogP contribution in [0.25, 0.3) is 11.2 Å². The molecule has 0 bridgehead atoms. The summed E-state index contributed by atoms with van der Waals surface area (Å²) in [5, 5.41) is 0. The molecular formula is C14H20N4O. The Kier molecular flexibility index (Phi) is 3.46. The molecule has 0 saturated heterocycles. The van der Waals surface area contributed by atoms with Crippen molar-refractivity contribution in [3.63, 3.8) is 0 Å². The second-order valence-corrected chi connectivity index (χ2v) is 5.35. The van der Waals surface area contributed by atoms with Crippen molar-refractivity contribution in [2.45, 2.75) is 45.3 Å².